The molecule has 5 nitrogen and oxygen atoms in total. The van der Waals surface area contributed by atoms with Crippen molar-refractivity contribution in [2.24, 2.45) is 0 Å². The second-order valence-corrected chi connectivity index (χ2v) is 6.47. The zero-order valence-corrected chi connectivity index (χ0v) is 13.9. The van der Waals surface area contributed by atoms with Crippen LogP contribution in [0.4, 0.5) is 0 Å². The first-order chi connectivity index (χ1) is 11.8. The van der Waals surface area contributed by atoms with E-state index in [2.05, 4.69) is 45.5 Å². The molecule has 1 saturated heterocycles. The van der Waals surface area contributed by atoms with E-state index in [0.717, 1.165) is 43.4 Å². The van der Waals surface area contributed by atoms with Gasteiger partial charge in [0.25, 0.3) is 0 Å². The SMILES string of the molecule is Cc1ccc(-c2cn(CCN3CCC(c4ccccc4)C3)nn2)o1. The molecule has 4 rings (SSSR count). The lowest BCUT2D eigenvalue weighted by Crippen LogP contribution is -2.25. The van der Waals surface area contributed by atoms with Crippen LogP contribution in [-0.2, 0) is 6.54 Å². The van der Waals surface area contributed by atoms with Gasteiger partial charge in [-0.2, -0.15) is 0 Å². The van der Waals surface area contributed by atoms with Gasteiger partial charge in [0, 0.05) is 13.1 Å². The highest BCUT2D eigenvalue weighted by molar-refractivity contribution is 5.50. The monoisotopic (exact) mass is 322 g/mol. The van der Waals surface area contributed by atoms with Gasteiger partial charge in [0.15, 0.2) is 5.76 Å². The van der Waals surface area contributed by atoms with Crippen molar-refractivity contribution in [1.82, 2.24) is 19.9 Å². The fourth-order valence-electron chi connectivity index (χ4n) is 3.37. The number of aryl methyl sites for hydroxylation is 1. The number of aromatic nitrogens is 3. The summed E-state index contributed by atoms with van der Waals surface area (Å²) < 4.78 is 7.50. The van der Waals surface area contributed by atoms with E-state index in [0.29, 0.717) is 5.92 Å². The largest absolute Gasteiger partial charge is 0.460 e. The number of rotatable bonds is 5. The minimum absolute atomic E-state index is 0.656. The number of furan rings is 1. The Kier molecular flexibility index (Phi) is 4.17. The molecule has 0 amide bonds. The summed E-state index contributed by atoms with van der Waals surface area (Å²) in [7, 11) is 0. The minimum Gasteiger partial charge on any atom is -0.460 e. The summed E-state index contributed by atoms with van der Waals surface area (Å²) in [6, 6.07) is 14.7. The first-order valence-corrected chi connectivity index (χ1v) is 8.52. The lowest BCUT2D eigenvalue weighted by molar-refractivity contribution is 0.310. The molecule has 0 N–H and O–H groups in total. The van der Waals surface area contributed by atoms with Crippen LogP contribution in [-0.4, -0.2) is 39.5 Å². The van der Waals surface area contributed by atoms with Gasteiger partial charge in [-0.3, -0.25) is 4.68 Å². The van der Waals surface area contributed by atoms with Crippen molar-refractivity contribution >= 4 is 0 Å². The molecule has 2 aromatic heterocycles. The van der Waals surface area contributed by atoms with Crippen LogP contribution < -0.4 is 0 Å². The molecule has 0 aliphatic carbocycles. The highest BCUT2D eigenvalue weighted by Crippen LogP contribution is 2.26. The molecule has 1 aliphatic heterocycles. The van der Waals surface area contributed by atoms with Crippen LogP contribution in [0.2, 0.25) is 0 Å². The first-order valence-electron chi connectivity index (χ1n) is 8.52. The van der Waals surface area contributed by atoms with Crippen LogP contribution >= 0.6 is 0 Å². The van der Waals surface area contributed by atoms with E-state index in [1.54, 1.807) is 0 Å². The van der Waals surface area contributed by atoms with Crippen molar-refractivity contribution in [3.05, 3.63) is 60.0 Å². The molecule has 0 spiro atoms. The molecule has 24 heavy (non-hydrogen) atoms. The molecule has 1 aromatic carbocycles. The van der Waals surface area contributed by atoms with E-state index in [1.165, 1.54) is 12.0 Å². The highest BCUT2D eigenvalue weighted by Gasteiger charge is 2.23. The summed E-state index contributed by atoms with van der Waals surface area (Å²) in [4.78, 5) is 2.51. The maximum Gasteiger partial charge on any atom is 0.156 e. The highest BCUT2D eigenvalue weighted by atomic mass is 16.3. The summed E-state index contributed by atoms with van der Waals surface area (Å²) in [5.74, 6) is 2.33. The molecular formula is C19H22N4O. The van der Waals surface area contributed by atoms with Gasteiger partial charge < -0.3 is 9.32 Å². The Bertz CT molecular complexity index is 793. The summed E-state index contributed by atoms with van der Waals surface area (Å²) in [5.41, 5.74) is 2.25. The Balaban J connectivity index is 1.32. The second-order valence-electron chi connectivity index (χ2n) is 6.47. The van der Waals surface area contributed by atoms with E-state index >= 15 is 0 Å². The predicted octanol–water partition coefficient (Wildman–Crippen LogP) is 3.34. The van der Waals surface area contributed by atoms with Crippen LogP contribution in [0.25, 0.3) is 11.5 Å². The molecule has 0 radical (unpaired) electrons. The molecule has 0 bridgehead atoms. The van der Waals surface area contributed by atoms with Gasteiger partial charge in [-0.1, -0.05) is 35.5 Å². The summed E-state index contributed by atoms with van der Waals surface area (Å²) in [6.07, 6.45) is 3.20. The van der Waals surface area contributed by atoms with Gasteiger partial charge in [-0.05, 0) is 43.5 Å². The number of likely N-dealkylation sites (tertiary alicyclic amines) is 1. The maximum atomic E-state index is 5.60. The third-order valence-corrected chi connectivity index (χ3v) is 4.72. The van der Waals surface area contributed by atoms with Gasteiger partial charge in [-0.25, -0.2) is 0 Å². The smallest absolute Gasteiger partial charge is 0.156 e. The Labute approximate surface area is 141 Å². The summed E-state index contributed by atoms with van der Waals surface area (Å²) >= 11 is 0. The molecule has 1 atom stereocenters. The molecule has 124 valence electrons. The minimum atomic E-state index is 0.656. The Morgan fingerprint density at radius 3 is 2.79 bits per heavy atom. The van der Waals surface area contributed by atoms with E-state index in [9.17, 15) is 0 Å². The average Bonchev–Trinajstić information content (AvgIpc) is 3.34. The lowest BCUT2D eigenvalue weighted by Gasteiger charge is -2.15. The predicted molar refractivity (Wildman–Crippen MR) is 92.7 cm³/mol. The fraction of sp³-hybridized carbons (Fsp3) is 0.368. The van der Waals surface area contributed by atoms with Gasteiger partial charge >= 0.3 is 0 Å². The molecule has 1 unspecified atom stereocenters. The Morgan fingerprint density at radius 1 is 1.12 bits per heavy atom. The first kappa shape index (κ1) is 15.1. The zero-order chi connectivity index (χ0) is 16.4. The number of nitrogens with zero attached hydrogens (tertiary/aromatic N) is 4. The third kappa shape index (κ3) is 3.26. The third-order valence-electron chi connectivity index (χ3n) is 4.72. The van der Waals surface area contributed by atoms with Crippen molar-refractivity contribution in [1.29, 1.82) is 0 Å². The summed E-state index contributed by atoms with van der Waals surface area (Å²) in [6.45, 7) is 6.07. The van der Waals surface area contributed by atoms with Crippen molar-refractivity contribution in [3.63, 3.8) is 0 Å². The second kappa shape index (κ2) is 6.61. The standard InChI is InChI=1S/C19H22N4O/c1-15-7-8-19(24-15)18-14-23(21-20-18)12-11-22-10-9-17(13-22)16-5-3-2-4-6-16/h2-8,14,17H,9-13H2,1H3. The van der Waals surface area contributed by atoms with Gasteiger partial charge in [0.05, 0.1) is 12.7 Å². The van der Waals surface area contributed by atoms with Gasteiger partial charge in [0.1, 0.15) is 11.5 Å². The van der Waals surface area contributed by atoms with Crippen molar-refractivity contribution < 1.29 is 4.42 Å². The Hall–Kier alpha value is -2.40. The quantitative estimate of drug-likeness (QED) is 0.723. The van der Waals surface area contributed by atoms with Crippen LogP contribution in [0.1, 0.15) is 23.7 Å². The lowest BCUT2D eigenvalue weighted by atomic mass is 9.99. The summed E-state index contributed by atoms with van der Waals surface area (Å²) in [5, 5.41) is 8.43. The van der Waals surface area contributed by atoms with E-state index in [4.69, 9.17) is 4.42 Å². The fourth-order valence-corrected chi connectivity index (χ4v) is 3.37. The maximum absolute atomic E-state index is 5.60. The normalized spacial score (nSPS) is 18.3. The van der Waals surface area contributed by atoms with Crippen LogP contribution in [0.15, 0.2) is 53.1 Å². The molecule has 3 aromatic rings. The molecule has 3 heterocycles. The van der Waals surface area contributed by atoms with E-state index < -0.39 is 0 Å². The van der Waals surface area contributed by atoms with Gasteiger partial charge in [-0.15, -0.1) is 5.10 Å². The zero-order valence-electron chi connectivity index (χ0n) is 13.9. The molecule has 0 saturated carbocycles. The topological polar surface area (TPSA) is 47.1 Å². The number of benzene rings is 1. The Morgan fingerprint density at radius 2 is 2.00 bits per heavy atom. The molecule has 5 heteroatoms. The van der Waals surface area contributed by atoms with E-state index in [-0.39, 0.29) is 0 Å². The van der Waals surface area contributed by atoms with Gasteiger partial charge in [0.2, 0.25) is 0 Å². The average molecular weight is 322 g/mol. The molecular weight excluding hydrogens is 300 g/mol. The number of hydrogen-bond donors (Lipinski definition) is 0. The van der Waals surface area contributed by atoms with Crippen molar-refractivity contribution in [3.8, 4) is 11.5 Å². The van der Waals surface area contributed by atoms with E-state index in [1.807, 2.05) is 29.9 Å². The number of hydrogen-bond acceptors (Lipinski definition) is 4. The molecule has 1 fully saturated rings. The van der Waals surface area contributed by atoms with Crippen LogP contribution in [0, 0.1) is 6.92 Å². The van der Waals surface area contributed by atoms with Crippen LogP contribution in [0.5, 0.6) is 0 Å². The molecule has 1 aliphatic rings. The van der Waals surface area contributed by atoms with Crippen molar-refractivity contribution in [2.75, 3.05) is 19.6 Å². The van der Waals surface area contributed by atoms with Crippen molar-refractivity contribution in [2.45, 2.75) is 25.8 Å². The van der Waals surface area contributed by atoms with Crippen LogP contribution in [0.3, 0.4) is 0 Å².